The molecule has 0 spiro atoms. The van der Waals surface area contributed by atoms with Crippen LogP contribution in [0.4, 0.5) is 4.39 Å². The van der Waals surface area contributed by atoms with Gasteiger partial charge >= 0.3 is 0 Å². The average molecular weight is 243 g/mol. The molecule has 16 heavy (non-hydrogen) atoms. The van der Waals surface area contributed by atoms with Gasteiger partial charge in [0.25, 0.3) is 0 Å². The molecular weight excluding hydrogens is 227 g/mol. The molecule has 1 aromatic carbocycles. The molecular formula is C12H16ClFN2. The zero-order valence-electron chi connectivity index (χ0n) is 9.05. The molecule has 0 fully saturated rings. The van der Waals surface area contributed by atoms with Crippen LogP contribution in [0.3, 0.4) is 0 Å². The van der Waals surface area contributed by atoms with Crippen LogP contribution in [-0.4, -0.2) is 0 Å². The van der Waals surface area contributed by atoms with Crippen molar-refractivity contribution in [3.8, 4) is 0 Å². The van der Waals surface area contributed by atoms with Gasteiger partial charge in [-0.25, -0.2) is 4.39 Å². The Balaban J connectivity index is 2.74. The molecule has 1 rings (SSSR count). The SMILES string of the molecule is C=CCCCC(NN)c1ccc(Cl)cc1F. The monoisotopic (exact) mass is 242 g/mol. The van der Waals surface area contributed by atoms with Crippen LogP contribution in [0.1, 0.15) is 30.9 Å². The second-order valence-corrected chi connectivity index (χ2v) is 4.04. The molecule has 0 aliphatic carbocycles. The Morgan fingerprint density at radius 3 is 2.88 bits per heavy atom. The number of halogens is 2. The van der Waals surface area contributed by atoms with Gasteiger partial charge < -0.3 is 0 Å². The Bertz CT molecular complexity index is 355. The third-order valence-corrected chi connectivity index (χ3v) is 2.68. The van der Waals surface area contributed by atoms with Gasteiger partial charge in [0.1, 0.15) is 5.82 Å². The third kappa shape index (κ3) is 3.59. The van der Waals surface area contributed by atoms with Crippen molar-refractivity contribution < 1.29 is 4.39 Å². The molecule has 1 unspecified atom stereocenters. The fourth-order valence-electron chi connectivity index (χ4n) is 1.58. The lowest BCUT2D eigenvalue weighted by Gasteiger charge is -2.16. The number of benzene rings is 1. The normalized spacial score (nSPS) is 12.4. The Kier molecular flexibility index (Phi) is 5.46. The van der Waals surface area contributed by atoms with E-state index in [0.717, 1.165) is 19.3 Å². The summed E-state index contributed by atoms with van der Waals surface area (Å²) in [4.78, 5) is 0. The fraction of sp³-hybridized carbons (Fsp3) is 0.333. The van der Waals surface area contributed by atoms with E-state index in [1.165, 1.54) is 6.07 Å². The predicted octanol–water partition coefficient (Wildman–Crippen LogP) is 3.34. The molecule has 0 saturated carbocycles. The molecule has 0 aliphatic rings. The molecule has 0 saturated heterocycles. The van der Waals surface area contributed by atoms with Crippen molar-refractivity contribution in [2.24, 2.45) is 5.84 Å². The summed E-state index contributed by atoms with van der Waals surface area (Å²) in [6.07, 6.45) is 4.42. The second-order valence-electron chi connectivity index (χ2n) is 3.60. The molecule has 2 nitrogen and oxygen atoms in total. The molecule has 0 heterocycles. The summed E-state index contributed by atoms with van der Waals surface area (Å²) in [5.41, 5.74) is 3.17. The van der Waals surface area contributed by atoms with Crippen molar-refractivity contribution in [2.45, 2.75) is 25.3 Å². The third-order valence-electron chi connectivity index (χ3n) is 2.44. The largest absolute Gasteiger partial charge is 0.271 e. The number of hydrogen-bond donors (Lipinski definition) is 2. The van der Waals surface area contributed by atoms with E-state index in [2.05, 4.69) is 12.0 Å². The Hall–Kier alpha value is -0.900. The van der Waals surface area contributed by atoms with Gasteiger partial charge in [-0.1, -0.05) is 23.7 Å². The average Bonchev–Trinajstić information content (AvgIpc) is 2.26. The zero-order valence-corrected chi connectivity index (χ0v) is 9.80. The minimum absolute atomic E-state index is 0.183. The van der Waals surface area contributed by atoms with Crippen LogP contribution in [0.5, 0.6) is 0 Å². The van der Waals surface area contributed by atoms with Crippen LogP contribution in [0.2, 0.25) is 5.02 Å². The molecule has 3 N–H and O–H groups in total. The summed E-state index contributed by atoms with van der Waals surface area (Å²) in [6.45, 7) is 3.64. The highest BCUT2D eigenvalue weighted by Crippen LogP contribution is 2.24. The number of allylic oxidation sites excluding steroid dienone is 1. The Morgan fingerprint density at radius 1 is 1.56 bits per heavy atom. The van der Waals surface area contributed by atoms with Gasteiger partial charge in [0, 0.05) is 16.6 Å². The first-order chi connectivity index (χ1) is 7.69. The van der Waals surface area contributed by atoms with Gasteiger partial charge in [-0.05, 0) is 31.4 Å². The Morgan fingerprint density at radius 2 is 2.31 bits per heavy atom. The number of hydrogen-bond acceptors (Lipinski definition) is 2. The first-order valence-electron chi connectivity index (χ1n) is 5.21. The van der Waals surface area contributed by atoms with Crippen molar-refractivity contribution in [3.63, 3.8) is 0 Å². The molecule has 88 valence electrons. The van der Waals surface area contributed by atoms with Gasteiger partial charge in [0.05, 0.1) is 0 Å². The molecule has 4 heteroatoms. The van der Waals surface area contributed by atoms with Gasteiger partial charge in [-0.2, -0.15) is 0 Å². The van der Waals surface area contributed by atoms with Crippen molar-refractivity contribution in [1.29, 1.82) is 0 Å². The van der Waals surface area contributed by atoms with E-state index >= 15 is 0 Å². The number of nitrogens with one attached hydrogen (secondary N) is 1. The second kappa shape index (κ2) is 6.63. The van der Waals surface area contributed by atoms with Gasteiger partial charge in [0.15, 0.2) is 0 Å². The topological polar surface area (TPSA) is 38.0 Å². The van der Waals surface area contributed by atoms with E-state index in [4.69, 9.17) is 17.4 Å². The van der Waals surface area contributed by atoms with E-state index in [1.54, 1.807) is 12.1 Å². The summed E-state index contributed by atoms with van der Waals surface area (Å²) >= 11 is 5.69. The standard InChI is InChI=1S/C12H16ClFN2/c1-2-3-4-5-12(16-15)10-7-6-9(13)8-11(10)14/h2,6-8,12,16H,1,3-5,15H2. The molecule has 1 atom stereocenters. The highest BCUT2D eigenvalue weighted by Gasteiger charge is 2.13. The highest BCUT2D eigenvalue weighted by molar-refractivity contribution is 6.30. The fourth-order valence-corrected chi connectivity index (χ4v) is 1.74. The summed E-state index contributed by atoms with van der Waals surface area (Å²) < 4.78 is 13.6. The maximum absolute atomic E-state index is 13.6. The van der Waals surface area contributed by atoms with Gasteiger partial charge in [-0.15, -0.1) is 6.58 Å². The summed E-state index contributed by atoms with van der Waals surface area (Å²) in [5, 5.41) is 0.392. The number of nitrogens with two attached hydrogens (primary N) is 1. The maximum atomic E-state index is 13.6. The lowest BCUT2D eigenvalue weighted by Crippen LogP contribution is -2.28. The lowest BCUT2D eigenvalue weighted by atomic mass is 10.0. The van der Waals surface area contributed by atoms with E-state index in [1.807, 2.05) is 6.08 Å². The summed E-state index contributed by atoms with van der Waals surface area (Å²) in [5.74, 6) is 5.09. The van der Waals surface area contributed by atoms with Crippen LogP contribution in [-0.2, 0) is 0 Å². The summed E-state index contributed by atoms with van der Waals surface area (Å²) in [6, 6.07) is 4.44. The van der Waals surface area contributed by atoms with E-state index in [0.29, 0.717) is 10.6 Å². The van der Waals surface area contributed by atoms with Crippen molar-refractivity contribution in [2.75, 3.05) is 0 Å². The number of hydrazine groups is 1. The van der Waals surface area contributed by atoms with Crippen LogP contribution in [0.15, 0.2) is 30.9 Å². The van der Waals surface area contributed by atoms with Crippen molar-refractivity contribution >= 4 is 11.6 Å². The van der Waals surface area contributed by atoms with E-state index in [-0.39, 0.29) is 11.9 Å². The summed E-state index contributed by atoms with van der Waals surface area (Å²) in [7, 11) is 0. The van der Waals surface area contributed by atoms with Crippen LogP contribution >= 0.6 is 11.6 Å². The minimum Gasteiger partial charge on any atom is -0.271 e. The molecule has 0 radical (unpaired) electrons. The molecule has 0 amide bonds. The highest BCUT2D eigenvalue weighted by atomic mass is 35.5. The Labute approximate surface area is 100 Å². The smallest absolute Gasteiger partial charge is 0.129 e. The quantitative estimate of drug-likeness (QED) is 0.348. The first kappa shape index (κ1) is 13.2. The van der Waals surface area contributed by atoms with Crippen molar-refractivity contribution in [3.05, 3.63) is 47.3 Å². The zero-order chi connectivity index (χ0) is 12.0. The van der Waals surface area contributed by atoms with E-state index < -0.39 is 0 Å². The van der Waals surface area contributed by atoms with Crippen LogP contribution in [0, 0.1) is 5.82 Å². The predicted molar refractivity (Wildman–Crippen MR) is 65.5 cm³/mol. The first-order valence-corrected chi connectivity index (χ1v) is 5.58. The number of unbranched alkanes of at least 4 members (excludes halogenated alkanes) is 1. The molecule has 1 aromatic rings. The number of rotatable bonds is 6. The maximum Gasteiger partial charge on any atom is 0.129 e. The van der Waals surface area contributed by atoms with Crippen LogP contribution < -0.4 is 11.3 Å². The van der Waals surface area contributed by atoms with Gasteiger partial charge in [0.2, 0.25) is 0 Å². The molecule has 0 aromatic heterocycles. The molecule has 0 bridgehead atoms. The van der Waals surface area contributed by atoms with Crippen molar-refractivity contribution in [1.82, 2.24) is 5.43 Å². The van der Waals surface area contributed by atoms with Crippen LogP contribution in [0.25, 0.3) is 0 Å². The lowest BCUT2D eigenvalue weighted by molar-refractivity contribution is 0.474. The van der Waals surface area contributed by atoms with E-state index in [9.17, 15) is 4.39 Å². The minimum atomic E-state index is -0.325. The van der Waals surface area contributed by atoms with Gasteiger partial charge in [-0.3, -0.25) is 11.3 Å². The molecule has 0 aliphatic heterocycles.